The van der Waals surface area contributed by atoms with Gasteiger partial charge in [0, 0.05) is 0 Å². The molecule has 21 heavy (non-hydrogen) atoms. The second-order valence-electron chi connectivity index (χ2n) is 5.10. The van der Waals surface area contributed by atoms with Gasteiger partial charge in [-0.05, 0) is 61.2 Å². The number of nitrogens with one attached hydrogen (secondary N) is 1. The molecule has 0 spiro atoms. The molecule has 0 unspecified atom stereocenters. The van der Waals surface area contributed by atoms with E-state index < -0.39 is 10.0 Å². The summed E-state index contributed by atoms with van der Waals surface area (Å²) >= 11 is 0. The van der Waals surface area contributed by atoms with Crippen LogP contribution in [0.4, 0.5) is 5.69 Å². The van der Waals surface area contributed by atoms with Gasteiger partial charge in [0.15, 0.2) is 0 Å². The standard InChI is InChI=1S/C16H19NO3S/c1-11-5-4-6-16(13(11)3)17-21(19,20)15-8-7-12(2)14(9-15)10-18/h4-9,17-18H,10H2,1-3H3. The molecule has 4 nitrogen and oxygen atoms in total. The summed E-state index contributed by atoms with van der Waals surface area (Å²) in [5.74, 6) is 0. The Kier molecular flexibility index (Phi) is 4.34. The molecule has 0 amide bonds. The third kappa shape index (κ3) is 3.25. The Hall–Kier alpha value is -1.85. The molecular formula is C16H19NO3S. The lowest BCUT2D eigenvalue weighted by molar-refractivity contribution is 0.281. The first-order valence-electron chi connectivity index (χ1n) is 6.64. The van der Waals surface area contributed by atoms with Gasteiger partial charge in [-0.2, -0.15) is 0 Å². The number of aryl methyl sites for hydroxylation is 2. The SMILES string of the molecule is Cc1ccc(S(=O)(=O)Nc2cccc(C)c2C)cc1CO. The number of benzene rings is 2. The van der Waals surface area contributed by atoms with E-state index >= 15 is 0 Å². The van der Waals surface area contributed by atoms with Gasteiger partial charge in [-0.3, -0.25) is 4.72 Å². The fourth-order valence-corrected chi connectivity index (χ4v) is 3.22. The van der Waals surface area contributed by atoms with Gasteiger partial charge in [0.05, 0.1) is 17.2 Å². The molecule has 2 aromatic carbocycles. The molecule has 0 saturated heterocycles. The average Bonchev–Trinajstić information content (AvgIpc) is 2.44. The molecule has 0 aliphatic carbocycles. The van der Waals surface area contributed by atoms with Crippen LogP contribution in [0.2, 0.25) is 0 Å². The van der Waals surface area contributed by atoms with E-state index in [1.807, 2.05) is 32.9 Å². The summed E-state index contributed by atoms with van der Waals surface area (Å²) in [4.78, 5) is 0.151. The quantitative estimate of drug-likeness (QED) is 0.912. The van der Waals surface area contributed by atoms with Crippen molar-refractivity contribution in [1.29, 1.82) is 0 Å². The van der Waals surface area contributed by atoms with Gasteiger partial charge in [0.25, 0.3) is 10.0 Å². The van der Waals surface area contributed by atoms with Crippen molar-refractivity contribution in [3.8, 4) is 0 Å². The number of anilines is 1. The van der Waals surface area contributed by atoms with Gasteiger partial charge < -0.3 is 5.11 Å². The maximum atomic E-state index is 12.5. The number of rotatable bonds is 4. The molecule has 0 aliphatic heterocycles. The first-order valence-corrected chi connectivity index (χ1v) is 8.13. The molecule has 2 rings (SSSR count). The number of aliphatic hydroxyl groups excluding tert-OH is 1. The van der Waals surface area contributed by atoms with Crippen molar-refractivity contribution in [1.82, 2.24) is 0 Å². The predicted octanol–water partition coefficient (Wildman–Crippen LogP) is 2.90. The smallest absolute Gasteiger partial charge is 0.261 e. The monoisotopic (exact) mass is 305 g/mol. The van der Waals surface area contributed by atoms with Crippen molar-refractivity contribution in [2.24, 2.45) is 0 Å². The average molecular weight is 305 g/mol. The summed E-state index contributed by atoms with van der Waals surface area (Å²) in [6.45, 7) is 5.46. The van der Waals surface area contributed by atoms with E-state index in [1.165, 1.54) is 6.07 Å². The predicted molar refractivity (Wildman–Crippen MR) is 83.8 cm³/mol. The van der Waals surface area contributed by atoms with Crippen LogP contribution in [0.5, 0.6) is 0 Å². The van der Waals surface area contributed by atoms with Crippen molar-refractivity contribution in [3.05, 3.63) is 58.7 Å². The van der Waals surface area contributed by atoms with E-state index in [4.69, 9.17) is 0 Å². The van der Waals surface area contributed by atoms with Crippen LogP contribution in [0.1, 0.15) is 22.3 Å². The molecule has 5 heteroatoms. The normalized spacial score (nSPS) is 11.4. The molecule has 0 aromatic heterocycles. The first-order chi connectivity index (χ1) is 9.85. The zero-order chi connectivity index (χ0) is 15.6. The van der Waals surface area contributed by atoms with Crippen LogP contribution in [0.3, 0.4) is 0 Å². The fourth-order valence-electron chi connectivity index (χ4n) is 2.05. The molecule has 0 bridgehead atoms. The Morgan fingerprint density at radius 1 is 1.05 bits per heavy atom. The maximum Gasteiger partial charge on any atom is 0.261 e. The second kappa shape index (κ2) is 5.87. The third-order valence-electron chi connectivity index (χ3n) is 3.65. The summed E-state index contributed by atoms with van der Waals surface area (Å²) in [5, 5.41) is 9.26. The number of hydrogen-bond acceptors (Lipinski definition) is 3. The third-order valence-corrected chi connectivity index (χ3v) is 5.01. The number of sulfonamides is 1. The Balaban J connectivity index is 2.41. The number of aliphatic hydroxyl groups is 1. The van der Waals surface area contributed by atoms with E-state index in [0.717, 1.165) is 16.7 Å². The lowest BCUT2D eigenvalue weighted by atomic mass is 10.1. The molecule has 2 aromatic rings. The highest BCUT2D eigenvalue weighted by Crippen LogP contribution is 2.23. The molecule has 0 atom stereocenters. The van der Waals surface area contributed by atoms with Crippen LogP contribution in [0, 0.1) is 20.8 Å². The highest BCUT2D eigenvalue weighted by molar-refractivity contribution is 7.92. The lowest BCUT2D eigenvalue weighted by Crippen LogP contribution is -2.14. The van der Waals surface area contributed by atoms with Gasteiger partial charge in [0.1, 0.15) is 0 Å². The van der Waals surface area contributed by atoms with Crippen LogP contribution >= 0.6 is 0 Å². The molecular weight excluding hydrogens is 286 g/mol. The van der Waals surface area contributed by atoms with E-state index in [9.17, 15) is 13.5 Å². The maximum absolute atomic E-state index is 12.5. The topological polar surface area (TPSA) is 66.4 Å². The van der Waals surface area contributed by atoms with Crippen molar-refractivity contribution in [2.45, 2.75) is 32.3 Å². The van der Waals surface area contributed by atoms with Crippen LogP contribution in [-0.4, -0.2) is 13.5 Å². The molecule has 0 heterocycles. The van der Waals surface area contributed by atoms with Gasteiger partial charge in [-0.15, -0.1) is 0 Å². The van der Waals surface area contributed by atoms with Crippen molar-refractivity contribution in [2.75, 3.05) is 4.72 Å². The molecule has 0 saturated carbocycles. The Morgan fingerprint density at radius 2 is 1.76 bits per heavy atom. The van der Waals surface area contributed by atoms with Crippen LogP contribution in [-0.2, 0) is 16.6 Å². The van der Waals surface area contributed by atoms with Crippen molar-refractivity contribution in [3.63, 3.8) is 0 Å². The first kappa shape index (κ1) is 15.5. The van der Waals surface area contributed by atoms with Gasteiger partial charge in [-0.25, -0.2) is 8.42 Å². The minimum atomic E-state index is -3.66. The van der Waals surface area contributed by atoms with Crippen molar-refractivity contribution >= 4 is 15.7 Å². The summed E-state index contributed by atoms with van der Waals surface area (Å²) in [7, 11) is -3.66. The zero-order valence-electron chi connectivity index (χ0n) is 12.3. The van der Waals surface area contributed by atoms with E-state index in [0.29, 0.717) is 11.3 Å². The highest BCUT2D eigenvalue weighted by Gasteiger charge is 2.16. The summed E-state index contributed by atoms with van der Waals surface area (Å²) in [5.41, 5.74) is 3.97. The van der Waals surface area contributed by atoms with Crippen LogP contribution < -0.4 is 4.72 Å². The van der Waals surface area contributed by atoms with E-state index in [2.05, 4.69) is 4.72 Å². The molecule has 0 aliphatic rings. The fraction of sp³-hybridized carbons (Fsp3) is 0.250. The summed E-state index contributed by atoms with van der Waals surface area (Å²) in [6.07, 6.45) is 0. The lowest BCUT2D eigenvalue weighted by Gasteiger charge is -2.13. The Labute approximate surface area is 125 Å². The molecule has 0 fully saturated rings. The number of hydrogen-bond donors (Lipinski definition) is 2. The zero-order valence-corrected chi connectivity index (χ0v) is 13.2. The molecule has 2 N–H and O–H groups in total. The summed E-state index contributed by atoms with van der Waals surface area (Å²) < 4.78 is 27.5. The Morgan fingerprint density at radius 3 is 2.43 bits per heavy atom. The van der Waals surface area contributed by atoms with Crippen molar-refractivity contribution < 1.29 is 13.5 Å². The van der Waals surface area contributed by atoms with Gasteiger partial charge >= 0.3 is 0 Å². The molecule has 0 radical (unpaired) electrons. The second-order valence-corrected chi connectivity index (χ2v) is 6.78. The Bertz CT molecular complexity index is 767. The largest absolute Gasteiger partial charge is 0.392 e. The highest BCUT2D eigenvalue weighted by atomic mass is 32.2. The van der Waals surface area contributed by atoms with Gasteiger partial charge in [-0.1, -0.05) is 18.2 Å². The summed E-state index contributed by atoms with van der Waals surface area (Å²) in [6, 6.07) is 10.2. The van der Waals surface area contributed by atoms with E-state index in [1.54, 1.807) is 18.2 Å². The molecule has 112 valence electrons. The minimum Gasteiger partial charge on any atom is -0.392 e. The minimum absolute atomic E-state index is 0.151. The van der Waals surface area contributed by atoms with Gasteiger partial charge in [0.2, 0.25) is 0 Å². The van der Waals surface area contributed by atoms with Crippen LogP contribution in [0.25, 0.3) is 0 Å². The van der Waals surface area contributed by atoms with E-state index in [-0.39, 0.29) is 11.5 Å². The van der Waals surface area contributed by atoms with Crippen LogP contribution in [0.15, 0.2) is 41.3 Å².